The number of azo groups is 1. The Kier molecular flexibility index (Phi) is 5.93. The van der Waals surface area contributed by atoms with Crippen molar-refractivity contribution in [1.29, 1.82) is 0 Å². The largest absolute Gasteiger partial charge is 0.476 e. The third-order valence-corrected chi connectivity index (χ3v) is 4.12. The second-order valence-electron chi connectivity index (χ2n) is 4.23. The fourth-order valence-corrected chi connectivity index (χ4v) is 2.34. The molecule has 0 fully saturated rings. The molecule has 0 amide bonds. The van der Waals surface area contributed by atoms with Crippen LogP contribution in [-0.4, -0.2) is 27.0 Å². The maximum Gasteiger partial charge on any atom is 0.246 e. The van der Waals surface area contributed by atoms with Crippen molar-refractivity contribution in [2.45, 2.75) is 13.8 Å². The smallest absolute Gasteiger partial charge is 0.246 e. The molecule has 2 rings (SSSR count). The zero-order valence-corrected chi connectivity index (χ0v) is 14.8. The Balaban J connectivity index is 2.41. The highest BCUT2D eigenvalue weighted by Gasteiger charge is 2.19. The molecule has 0 saturated heterocycles. The Morgan fingerprint density at radius 2 is 2.23 bits per heavy atom. The van der Waals surface area contributed by atoms with Crippen LogP contribution in [0, 0.1) is 6.92 Å². The predicted molar refractivity (Wildman–Crippen MR) is 95.3 cm³/mol. The molecule has 8 heteroatoms. The lowest BCUT2D eigenvalue weighted by molar-refractivity contribution is 0.321. The first-order chi connectivity index (χ1) is 10.6. The van der Waals surface area contributed by atoms with Crippen molar-refractivity contribution < 1.29 is 4.74 Å². The highest BCUT2D eigenvalue weighted by atomic mass is 35.5. The van der Waals surface area contributed by atoms with Gasteiger partial charge in [-0.3, -0.25) is 0 Å². The van der Waals surface area contributed by atoms with Gasteiger partial charge in [-0.15, -0.1) is 5.11 Å². The van der Waals surface area contributed by atoms with E-state index in [-0.39, 0.29) is 0 Å². The average Bonchev–Trinajstić information content (AvgIpc) is 2.81. The minimum absolute atomic E-state index is 0.488. The number of aromatic nitrogens is 2. The third-order valence-electron chi connectivity index (χ3n) is 2.69. The highest BCUT2D eigenvalue weighted by Crippen LogP contribution is 2.34. The Morgan fingerprint density at radius 3 is 2.86 bits per heavy atom. The Bertz CT molecular complexity index is 715. The molecule has 0 N–H and O–H groups in total. The summed E-state index contributed by atoms with van der Waals surface area (Å²) < 4.78 is 7.81. The molecule has 22 heavy (non-hydrogen) atoms. The summed E-state index contributed by atoms with van der Waals surface area (Å²) in [6.07, 6.45) is 1.89. The van der Waals surface area contributed by atoms with Gasteiger partial charge in [0.2, 0.25) is 5.88 Å². The first kappa shape index (κ1) is 16.9. The molecule has 0 saturated carbocycles. The number of nitrogens with zero attached hydrogens (tertiary/aromatic N) is 4. The summed E-state index contributed by atoms with van der Waals surface area (Å²) in [4.78, 5) is 0. The minimum Gasteiger partial charge on any atom is -0.476 e. The monoisotopic (exact) mass is 354 g/mol. The van der Waals surface area contributed by atoms with Gasteiger partial charge in [0.25, 0.3) is 0 Å². The lowest BCUT2D eigenvalue weighted by Crippen LogP contribution is -2.09. The minimum atomic E-state index is 0.488. The summed E-state index contributed by atoms with van der Waals surface area (Å²) in [5, 5.41) is 13.4. The molecular weight excluding hydrogens is 340 g/mol. The number of thioether (sulfide) groups is 1. The van der Waals surface area contributed by atoms with E-state index in [9.17, 15) is 0 Å². The Labute approximate surface area is 143 Å². The van der Waals surface area contributed by atoms with Crippen LogP contribution in [0.15, 0.2) is 34.5 Å². The van der Waals surface area contributed by atoms with Gasteiger partial charge in [-0.1, -0.05) is 41.6 Å². The van der Waals surface area contributed by atoms with Crippen LogP contribution in [0.5, 0.6) is 5.88 Å². The Morgan fingerprint density at radius 1 is 1.45 bits per heavy atom. The molecule has 1 aromatic carbocycles. The molecule has 116 valence electrons. The van der Waals surface area contributed by atoms with Gasteiger partial charge in [0, 0.05) is 5.02 Å². The average molecular weight is 355 g/mol. The topological polar surface area (TPSA) is 51.8 Å². The third kappa shape index (κ3) is 3.85. The summed E-state index contributed by atoms with van der Waals surface area (Å²) >= 11 is 12.6. The van der Waals surface area contributed by atoms with Crippen LogP contribution in [0.3, 0.4) is 0 Å². The van der Waals surface area contributed by atoms with Crippen LogP contribution < -0.4 is 4.74 Å². The molecule has 0 atom stereocenters. The number of benzene rings is 1. The lowest BCUT2D eigenvalue weighted by atomic mass is 10.3. The predicted octanol–water partition coefficient (Wildman–Crippen LogP) is 5.16. The van der Waals surface area contributed by atoms with Crippen molar-refractivity contribution in [2.75, 3.05) is 12.9 Å². The Hall–Kier alpha value is -1.44. The summed E-state index contributed by atoms with van der Waals surface area (Å²) in [7, 11) is 0. The maximum atomic E-state index is 5.94. The van der Waals surface area contributed by atoms with Gasteiger partial charge >= 0.3 is 0 Å². The van der Waals surface area contributed by atoms with Crippen LogP contribution in [0.2, 0.25) is 5.02 Å². The molecule has 0 aliphatic rings. The summed E-state index contributed by atoms with van der Waals surface area (Å²) in [6, 6.07) is 7.16. The van der Waals surface area contributed by atoms with Crippen LogP contribution in [-0.2, 0) is 0 Å². The maximum absolute atomic E-state index is 5.94. The van der Waals surface area contributed by atoms with Gasteiger partial charge < -0.3 is 4.74 Å². The van der Waals surface area contributed by atoms with E-state index < -0.39 is 0 Å². The molecular formula is C14H15ClN4OS2. The van der Waals surface area contributed by atoms with E-state index in [0.29, 0.717) is 38.9 Å². The zero-order valence-electron chi connectivity index (χ0n) is 12.4. The van der Waals surface area contributed by atoms with E-state index in [4.69, 9.17) is 28.6 Å². The van der Waals surface area contributed by atoms with Crippen molar-refractivity contribution in [2.24, 2.45) is 10.2 Å². The normalized spacial score (nSPS) is 11.1. The molecule has 0 aliphatic heterocycles. The molecule has 0 unspecified atom stereocenters. The van der Waals surface area contributed by atoms with Gasteiger partial charge in [0.15, 0.2) is 10.0 Å². The number of hydrogen-bond acceptors (Lipinski definition) is 6. The lowest BCUT2D eigenvalue weighted by Gasteiger charge is -2.06. The summed E-state index contributed by atoms with van der Waals surface area (Å²) in [5.74, 6) is 0.505. The van der Waals surface area contributed by atoms with Crippen LogP contribution in [0.25, 0.3) is 0 Å². The van der Waals surface area contributed by atoms with Gasteiger partial charge in [0.05, 0.1) is 18.0 Å². The number of ether oxygens (including phenoxy) is 1. The van der Waals surface area contributed by atoms with Crippen molar-refractivity contribution in [3.05, 3.63) is 35.0 Å². The first-order valence-electron chi connectivity index (χ1n) is 6.54. The molecule has 2 aromatic rings. The summed E-state index contributed by atoms with van der Waals surface area (Å²) in [5.41, 5.74) is 1.93. The van der Waals surface area contributed by atoms with Gasteiger partial charge in [-0.05, 0) is 38.3 Å². The first-order valence-corrected chi connectivity index (χ1v) is 8.56. The van der Waals surface area contributed by atoms with Crippen LogP contribution >= 0.6 is 35.6 Å². The molecule has 1 aromatic heterocycles. The molecule has 0 aliphatic carbocycles. The molecule has 5 nitrogen and oxygen atoms in total. The van der Waals surface area contributed by atoms with E-state index in [0.717, 1.165) is 0 Å². The van der Waals surface area contributed by atoms with E-state index in [1.54, 1.807) is 16.8 Å². The van der Waals surface area contributed by atoms with Crippen LogP contribution in [0.4, 0.5) is 11.4 Å². The molecule has 1 heterocycles. The van der Waals surface area contributed by atoms with E-state index in [2.05, 4.69) is 15.3 Å². The number of hydrogen-bond donors (Lipinski definition) is 0. The van der Waals surface area contributed by atoms with Gasteiger partial charge in [-0.2, -0.15) is 14.9 Å². The fraction of sp³-hybridized carbons (Fsp3) is 0.286. The van der Waals surface area contributed by atoms with Gasteiger partial charge in [0.1, 0.15) is 0 Å². The molecule has 0 bridgehead atoms. The SMILES string of the molecule is CCOc1c(N=Nc2cccc(Cl)c2)c(C)nn1C(=S)SC. The second-order valence-corrected chi connectivity index (χ2v) is 6.11. The second kappa shape index (κ2) is 7.71. The van der Waals surface area contributed by atoms with Crippen molar-refractivity contribution in [1.82, 2.24) is 9.78 Å². The molecule has 0 radical (unpaired) electrons. The number of rotatable bonds is 4. The van der Waals surface area contributed by atoms with Crippen molar-refractivity contribution >= 4 is 51.3 Å². The molecule has 0 spiro atoms. The van der Waals surface area contributed by atoms with Crippen LogP contribution in [0.1, 0.15) is 12.6 Å². The van der Waals surface area contributed by atoms with E-state index >= 15 is 0 Å². The number of thiocarbonyl (C=S) groups is 1. The van der Waals surface area contributed by atoms with Crippen molar-refractivity contribution in [3.63, 3.8) is 0 Å². The van der Waals surface area contributed by atoms with Gasteiger partial charge in [-0.25, -0.2) is 0 Å². The van der Waals surface area contributed by atoms with E-state index in [1.807, 2.05) is 32.2 Å². The standard InChI is InChI=1S/C14H15ClN4OS2/c1-4-20-13-12(9(2)18-19(13)14(21)22-3)17-16-11-7-5-6-10(15)8-11/h5-8H,4H2,1-3H3. The summed E-state index contributed by atoms with van der Waals surface area (Å²) in [6.45, 7) is 4.22. The zero-order chi connectivity index (χ0) is 16.1. The quantitative estimate of drug-likeness (QED) is 0.562. The fourth-order valence-electron chi connectivity index (χ4n) is 1.74. The van der Waals surface area contributed by atoms with Crippen molar-refractivity contribution in [3.8, 4) is 5.88 Å². The number of aryl methyl sites for hydroxylation is 1. The number of halogens is 1. The van der Waals surface area contributed by atoms with E-state index in [1.165, 1.54) is 11.8 Å². The highest BCUT2D eigenvalue weighted by molar-refractivity contribution is 8.22.